The molecule has 4 heteroatoms. The van der Waals surface area contributed by atoms with Gasteiger partial charge in [0.2, 0.25) is 0 Å². The van der Waals surface area contributed by atoms with Gasteiger partial charge in [-0.2, -0.15) is 0 Å². The number of benzene rings is 1. The minimum absolute atomic E-state index is 0.438. The molecule has 0 aliphatic carbocycles. The first kappa shape index (κ1) is 12.3. The van der Waals surface area contributed by atoms with Crippen LogP contribution in [0.4, 0.5) is 5.69 Å². The summed E-state index contributed by atoms with van der Waals surface area (Å²) in [4.78, 5) is 0.438. The van der Waals surface area contributed by atoms with Crippen LogP contribution in [0.1, 0.15) is 18.4 Å². The van der Waals surface area contributed by atoms with Gasteiger partial charge in [-0.1, -0.05) is 24.4 Å². The third-order valence-corrected chi connectivity index (χ3v) is 3.25. The highest BCUT2D eigenvalue weighted by molar-refractivity contribution is 7.80. The molecule has 1 atom stereocenters. The van der Waals surface area contributed by atoms with E-state index < -0.39 is 0 Å². The zero-order valence-electron chi connectivity index (χ0n) is 9.82. The number of para-hydroxylation sites is 1. The number of anilines is 1. The molecule has 0 spiro atoms. The molecule has 1 fully saturated rings. The van der Waals surface area contributed by atoms with Crippen molar-refractivity contribution in [1.82, 2.24) is 0 Å². The Morgan fingerprint density at radius 2 is 2.29 bits per heavy atom. The molecule has 0 amide bonds. The van der Waals surface area contributed by atoms with Crippen molar-refractivity contribution in [2.24, 2.45) is 11.7 Å². The summed E-state index contributed by atoms with van der Waals surface area (Å²) in [5.41, 5.74) is 7.63. The molecule has 3 nitrogen and oxygen atoms in total. The van der Waals surface area contributed by atoms with Crippen molar-refractivity contribution in [2.45, 2.75) is 12.8 Å². The summed E-state index contributed by atoms with van der Waals surface area (Å²) in [5, 5.41) is 3.42. The van der Waals surface area contributed by atoms with Crippen molar-refractivity contribution < 1.29 is 4.74 Å². The molecule has 1 saturated heterocycles. The molecule has 1 aliphatic rings. The van der Waals surface area contributed by atoms with Gasteiger partial charge in [-0.25, -0.2) is 0 Å². The van der Waals surface area contributed by atoms with Crippen LogP contribution in [0.25, 0.3) is 0 Å². The first-order valence-electron chi connectivity index (χ1n) is 5.98. The lowest BCUT2D eigenvalue weighted by Gasteiger charge is -2.23. The molecule has 1 aromatic rings. The molecule has 3 N–H and O–H groups in total. The first-order chi connectivity index (χ1) is 8.27. The molecular weight excluding hydrogens is 232 g/mol. The predicted octanol–water partition coefficient (Wildman–Crippen LogP) is 2.16. The van der Waals surface area contributed by atoms with Gasteiger partial charge in [0.25, 0.3) is 0 Å². The number of thiocarbonyl (C=S) groups is 1. The quantitative estimate of drug-likeness (QED) is 0.804. The van der Waals surface area contributed by atoms with Gasteiger partial charge in [-0.15, -0.1) is 0 Å². The van der Waals surface area contributed by atoms with Crippen LogP contribution in [0.15, 0.2) is 24.3 Å². The lowest BCUT2D eigenvalue weighted by Crippen LogP contribution is -2.25. The standard InChI is InChI=1S/C13H18N2OS/c14-13(17)11-5-1-2-6-12(11)15-8-10-4-3-7-16-9-10/h1-2,5-6,10,15H,3-4,7-9H2,(H2,14,17). The van der Waals surface area contributed by atoms with Crippen molar-refractivity contribution in [3.63, 3.8) is 0 Å². The molecule has 1 unspecified atom stereocenters. The van der Waals surface area contributed by atoms with Gasteiger partial charge in [-0.3, -0.25) is 0 Å². The van der Waals surface area contributed by atoms with E-state index >= 15 is 0 Å². The molecule has 0 bridgehead atoms. The van der Waals surface area contributed by atoms with Gasteiger partial charge >= 0.3 is 0 Å². The van der Waals surface area contributed by atoms with E-state index in [0.29, 0.717) is 10.9 Å². The van der Waals surface area contributed by atoms with Gasteiger partial charge in [0.05, 0.1) is 6.61 Å². The summed E-state index contributed by atoms with van der Waals surface area (Å²) in [7, 11) is 0. The van der Waals surface area contributed by atoms with Crippen LogP contribution in [-0.2, 0) is 4.74 Å². The number of rotatable bonds is 4. The first-order valence-corrected chi connectivity index (χ1v) is 6.38. The Labute approximate surface area is 107 Å². The van der Waals surface area contributed by atoms with Gasteiger partial charge < -0.3 is 15.8 Å². The Morgan fingerprint density at radius 1 is 1.47 bits per heavy atom. The highest BCUT2D eigenvalue weighted by atomic mass is 32.1. The summed E-state index contributed by atoms with van der Waals surface area (Å²) in [6.45, 7) is 2.67. The summed E-state index contributed by atoms with van der Waals surface area (Å²) in [5.74, 6) is 0.586. The highest BCUT2D eigenvalue weighted by Crippen LogP contribution is 2.18. The average molecular weight is 250 g/mol. The fourth-order valence-electron chi connectivity index (χ4n) is 2.07. The van der Waals surface area contributed by atoms with Crippen LogP contribution in [-0.4, -0.2) is 24.7 Å². The Morgan fingerprint density at radius 3 is 3.00 bits per heavy atom. The lowest BCUT2D eigenvalue weighted by molar-refractivity contribution is 0.0595. The minimum Gasteiger partial charge on any atom is -0.389 e. The third kappa shape index (κ3) is 3.41. The second kappa shape index (κ2) is 5.98. The van der Waals surface area contributed by atoms with E-state index in [-0.39, 0.29) is 0 Å². The Kier molecular flexibility index (Phi) is 4.34. The van der Waals surface area contributed by atoms with E-state index in [9.17, 15) is 0 Å². The summed E-state index contributed by atoms with van der Waals surface area (Å²) < 4.78 is 5.46. The molecule has 0 saturated carbocycles. The van der Waals surface area contributed by atoms with E-state index in [1.807, 2.05) is 24.3 Å². The molecule has 1 aromatic carbocycles. The summed E-state index contributed by atoms with van der Waals surface area (Å²) >= 11 is 5.03. The number of ether oxygens (including phenoxy) is 1. The maximum atomic E-state index is 5.69. The zero-order valence-corrected chi connectivity index (χ0v) is 10.6. The van der Waals surface area contributed by atoms with Crippen molar-refractivity contribution in [2.75, 3.05) is 25.1 Å². The number of hydrogen-bond acceptors (Lipinski definition) is 3. The second-order valence-electron chi connectivity index (χ2n) is 4.37. The van der Waals surface area contributed by atoms with Gasteiger partial charge in [0.1, 0.15) is 4.99 Å². The van der Waals surface area contributed by atoms with Crippen LogP contribution in [0.5, 0.6) is 0 Å². The monoisotopic (exact) mass is 250 g/mol. The second-order valence-corrected chi connectivity index (χ2v) is 4.81. The molecule has 92 valence electrons. The SMILES string of the molecule is NC(=S)c1ccccc1NCC1CCCOC1. The van der Waals surface area contributed by atoms with Gasteiger partial charge in [-0.05, 0) is 30.9 Å². The van der Waals surface area contributed by atoms with Crippen LogP contribution < -0.4 is 11.1 Å². The summed E-state index contributed by atoms with van der Waals surface area (Å²) in [6.07, 6.45) is 2.38. The van der Waals surface area contributed by atoms with Crippen molar-refractivity contribution in [3.05, 3.63) is 29.8 Å². The normalized spacial score (nSPS) is 19.9. The molecule has 2 rings (SSSR count). The fraction of sp³-hybridized carbons (Fsp3) is 0.462. The smallest absolute Gasteiger partial charge is 0.106 e. The molecule has 0 aromatic heterocycles. The van der Waals surface area contributed by atoms with Gasteiger partial charge in [0.15, 0.2) is 0 Å². The van der Waals surface area contributed by atoms with E-state index in [2.05, 4.69) is 5.32 Å². The van der Waals surface area contributed by atoms with E-state index in [0.717, 1.165) is 37.4 Å². The van der Waals surface area contributed by atoms with Crippen LogP contribution >= 0.6 is 12.2 Å². The molecule has 0 radical (unpaired) electrons. The third-order valence-electron chi connectivity index (χ3n) is 3.03. The average Bonchev–Trinajstić information content (AvgIpc) is 2.38. The predicted molar refractivity (Wildman–Crippen MR) is 74.4 cm³/mol. The van der Waals surface area contributed by atoms with E-state index in [1.165, 1.54) is 6.42 Å². The Balaban J connectivity index is 1.96. The number of nitrogens with two attached hydrogens (primary N) is 1. The van der Waals surface area contributed by atoms with Crippen molar-refractivity contribution in [1.29, 1.82) is 0 Å². The zero-order chi connectivity index (χ0) is 12.1. The Bertz CT molecular complexity index is 389. The largest absolute Gasteiger partial charge is 0.389 e. The van der Waals surface area contributed by atoms with Crippen molar-refractivity contribution in [3.8, 4) is 0 Å². The summed E-state index contributed by atoms with van der Waals surface area (Å²) in [6, 6.07) is 7.89. The number of hydrogen-bond donors (Lipinski definition) is 2. The topological polar surface area (TPSA) is 47.3 Å². The van der Waals surface area contributed by atoms with Crippen LogP contribution in [0.3, 0.4) is 0 Å². The Hall–Kier alpha value is -1.13. The maximum Gasteiger partial charge on any atom is 0.106 e. The molecule has 1 heterocycles. The fourth-order valence-corrected chi connectivity index (χ4v) is 2.25. The molecule has 17 heavy (non-hydrogen) atoms. The minimum atomic E-state index is 0.438. The number of nitrogens with one attached hydrogen (secondary N) is 1. The maximum absolute atomic E-state index is 5.69. The van der Waals surface area contributed by atoms with Gasteiger partial charge in [0, 0.05) is 24.4 Å². The van der Waals surface area contributed by atoms with E-state index in [4.69, 9.17) is 22.7 Å². The van der Waals surface area contributed by atoms with Crippen LogP contribution in [0.2, 0.25) is 0 Å². The molecule has 1 aliphatic heterocycles. The lowest BCUT2D eigenvalue weighted by atomic mass is 10.0. The highest BCUT2D eigenvalue weighted by Gasteiger charge is 2.14. The van der Waals surface area contributed by atoms with E-state index in [1.54, 1.807) is 0 Å². The molecular formula is C13H18N2OS. The van der Waals surface area contributed by atoms with Crippen LogP contribution in [0, 0.1) is 5.92 Å². The van der Waals surface area contributed by atoms with Crippen molar-refractivity contribution >= 4 is 22.9 Å².